The lowest BCUT2D eigenvalue weighted by Gasteiger charge is -2.17. The number of hydrogen-bond acceptors (Lipinski definition) is 6. The van der Waals surface area contributed by atoms with Crippen molar-refractivity contribution in [3.63, 3.8) is 0 Å². The first-order valence-electron chi connectivity index (χ1n) is 29.2. The number of rotatable bonds is 40. The Bertz CT molecular complexity index is 2120. The van der Waals surface area contributed by atoms with E-state index < -0.39 is 0 Å². The van der Waals surface area contributed by atoms with Gasteiger partial charge in [0, 0.05) is 50.1 Å². The highest BCUT2D eigenvalue weighted by Crippen LogP contribution is 2.50. The van der Waals surface area contributed by atoms with Crippen LogP contribution in [0.3, 0.4) is 0 Å². The number of aryl methyl sites for hydroxylation is 2. The quantitative estimate of drug-likeness (QED) is 0.0364. The lowest BCUT2D eigenvalue weighted by molar-refractivity contribution is 0.298. The summed E-state index contributed by atoms with van der Waals surface area (Å²) in [5.74, 6) is 3.11. The fraction of sp³-hybridized carbons (Fsp3) is 0.656. The summed E-state index contributed by atoms with van der Waals surface area (Å²) in [4.78, 5) is 11.3. The van der Waals surface area contributed by atoms with Crippen LogP contribution in [0.4, 0.5) is 0 Å². The molecule has 0 amide bonds. The molecule has 4 heterocycles. The summed E-state index contributed by atoms with van der Waals surface area (Å²) in [5.41, 5.74) is 5.47. The zero-order chi connectivity index (χ0) is 49.8. The summed E-state index contributed by atoms with van der Waals surface area (Å²) in [7, 11) is 0. The standard InChI is InChI=1S/C64H98O2S4/c1-9-13-17-21-25-27-29-33-37-51-45-61(69-63(51)50(7)8)53-47-56(66-44-36-32-24-20-16-12-4)54(48-55(53)65-43-35-31-23-19-15-11-3)62-46-52(38-34-30-28-26-22-18-14-10-2)64(70-62)60-42-41-59(68-60)58-40-39-57(67-58)49(5)6/h39-42,45-50H,9-38,43-44H2,1-8H3. The van der Waals surface area contributed by atoms with E-state index in [1.165, 1.54) is 224 Å². The Morgan fingerprint density at radius 3 is 1.23 bits per heavy atom. The second-order valence-corrected chi connectivity index (χ2v) is 25.5. The van der Waals surface area contributed by atoms with Crippen LogP contribution in [0.5, 0.6) is 11.5 Å². The summed E-state index contributed by atoms with van der Waals surface area (Å²) in [6.07, 6.45) is 38.9. The summed E-state index contributed by atoms with van der Waals surface area (Å²) >= 11 is 7.94. The van der Waals surface area contributed by atoms with Gasteiger partial charge in [-0.1, -0.05) is 209 Å². The maximum Gasteiger partial charge on any atom is 0.128 e. The van der Waals surface area contributed by atoms with Gasteiger partial charge in [-0.05, 0) is 110 Å². The lowest BCUT2D eigenvalue weighted by Crippen LogP contribution is -2.02. The maximum absolute atomic E-state index is 7.06. The minimum absolute atomic E-state index is 0.497. The average molecular weight is 1030 g/mol. The zero-order valence-corrected chi connectivity index (χ0v) is 49.1. The molecule has 0 bridgehead atoms. The van der Waals surface area contributed by atoms with Gasteiger partial charge in [0.25, 0.3) is 0 Å². The Morgan fingerprint density at radius 1 is 0.357 bits per heavy atom. The third-order valence-electron chi connectivity index (χ3n) is 14.2. The van der Waals surface area contributed by atoms with E-state index in [1.54, 1.807) is 10.4 Å². The van der Waals surface area contributed by atoms with Gasteiger partial charge >= 0.3 is 0 Å². The first-order valence-corrected chi connectivity index (χ1v) is 32.4. The molecule has 0 saturated carbocycles. The molecule has 4 aromatic heterocycles. The molecule has 2 nitrogen and oxygen atoms in total. The van der Waals surface area contributed by atoms with Crippen molar-refractivity contribution in [2.75, 3.05) is 13.2 Å². The van der Waals surface area contributed by atoms with Crippen LogP contribution in [0, 0.1) is 0 Å². The van der Waals surface area contributed by atoms with Gasteiger partial charge in [-0.25, -0.2) is 0 Å². The normalized spacial score (nSPS) is 11.8. The zero-order valence-electron chi connectivity index (χ0n) is 45.9. The van der Waals surface area contributed by atoms with Crippen molar-refractivity contribution in [3.8, 4) is 51.9 Å². The van der Waals surface area contributed by atoms with Crippen LogP contribution in [-0.2, 0) is 12.8 Å². The molecule has 6 heteroatoms. The van der Waals surface area contributed by atoms with E-state index in [-0.39, 0.29) is 0 Å². The first-order chi connectivity index (χ1) is 34.3. The Morgan fingerprint density at radius 2 is 0.757 bits per heavy atom. The Hall–Kier alpha value is -2.38. The monoisotopic (exact) mass is 1030 g/mol. The van der Waals surface area contributed by atoms with Gasteiger partial charge in [-0.2, -0.15) is 0 Å². The van der Waals surface area contributed by atoms with Crippen molar-refractivity contribution in [2.45, 2.75) is 260 Å². The van der Waals surface area contributed by atoms with Crippen LogP contribution in [0.1, 0.15) is 268 Å². The van der Waals surface area contributed by atoms with Crippen LogP contribution in [0.2, 0.25) is 0 Å². The van der Waals surface area contributed by atoms with E-state index in [0.29, 0.717) is 11.8 Å². The molecule has 390 valence electrons. The summed E-state index contributed by atoms with van der Waals surface area (Å²) < 4.78 is 14.1. The fourth-order valence-corrected chi connectivity index (χ4v) is 14.5. The van der Waals surface area contributed by atoms with E-state index in [4.69, 9.17) is 9.47 Å². The summed E-state index contributed by atoms with van der Waals surface area (Å²) in [6, 6.07) is 19.4. The molecule has 0 spiro atoms. The van der Waals surface area contributed by atoms with Crippen molar-refractivity contribution in [1.29, 1.82) is 0 Å². The number of hydrogen-bond donors (Lipinski definition) is 0. The lowest BCUT2D eigenvalue weighted by atomic mass is 9.99. The first kappa shape index (κ1) is 58.5. The predicted molar refractivity (Wildman–Crippen MR) is 318 cm³/mol. The molecule has 0 unspecified atom stereocenters. The van der Waals surface area contributed by atoms with Gasteiger partial charge in [0.05, 0.1) is 13.2 Å². The van der Waals surface area contributed by atoms with Gasteiger partial charge in [0.15, 0.2) is 0 Å². The largest absolute Gasteiger partial charge is 0.493 e. The highest BCUT2D eigenvalue weighted by molar-refractivity contribution is 7.27. The van der Waals surface area contributed by atoms with Gasteiger partial charge in [0.2, 0.25) is 0 Å². The van der Waals surface area contributed by atoms with Gasteiger partial charge < -0.3 is 9.47 Å². The highest BCUT2D eigenvalue weighted by atomic mass is 32.1. The summed E-state index contributed by atoms with van der Waals surface area (Å²) in [6.45, 7) is 20.1. The van der Waals surface area contributed by atoms with E-state index >= 15 is 0 Å². The topological polar surface area (TPSA) is 18.5 Å². The number of unbranched alkanes of at least 4 members (excludes halogenated alkanes) is 24. The van der Waals surface area contributed by atoms with Crippen molar-refractivity contribution in [3.05, 3.63) is 69.4 Å². The molecule has 0 aliphatic heterocycles. The maximum atomic E-state index is 7.06. The number of thiophene rings is 4. The Labute approximate surface area is 446 Å². The van der Waals surface area contributed by atoms with Crippen LogP contribution in [-0.4, -0.2) is 13.2 Å². The van der Waals surface area contributed by atoms with Crippen molar-refractivity contribution in [1.82, 2.24) is 0 Å². The van der Waals surface area contributed by atoms with Crippen LogP contribution in [0.15, 0.2) is 48.5 Å². The second kappa shape index (κ2) is 34.2. The highest BCUT2D eigenvalue weighted by Gasteiger charge is 2.23. The van der Waals surface area contributed by atoms with Gasteiger partial charge in [-0.15, -0.1) is 45.3 Å². The van der Waals surface area contributed by atoms with E-state index in [2.05, 4.69) is 104 Å². The predicted octanol–water partition coefficient (Wildman–Crippen LogP) is 23.7. The molecule has 0 atom stereocenters. The van der Waals surface area contributed by atoms with Crippen LogP contribution in [0.25, 0.3) is 40.4 Å². The molecular weight excluding hydrogens is 929 g/mol. The molecule has 0 aliphatic rings. The van der Waals surface area contributed by atoms with Crippen LogP contribution < -0.4 is 9.47 Å². The van der Waals surface area contributed by atoms with Crippen molar-refractivity contribution >= 4 is 45.3 Å². The number of ether oxygens (including phenoxy) is 2. The number of benzene rings is 1. The minimum atomic E-state index is 0.497. The van der Waals surface area contributed by atoms with Crippen molar-refractivity contribution in [2.24, 2.45) is 0 Å². The molecule has 0 aliphatic carbocycles. The molecule has 0 fully saturated rings. The van der Waals surface area contributed by atoms with E-state index in [9.17, 15) is 0 Å². The van der Waals surface area contributed by atoms with Gasteiger partial charge in [0.1, 0.15) is 11.5 Å². The summed E-state index contributed by atoms with van der Waals surface area (Å²) in [5, 5.41) is 0. The molecule has 5 rings (SSSR count). The molecule has 0 saturated heterocycles. The SMILES string of the molecule is CCCCCCCCCCc1cc(-c2cc(OCCCCCCCC)c(-c3cc(CCCCCCCCCC)c(C(C)C)s3)cc2OCCCCCCCC)sc1-c1ccc(-c2ccc(C(C)C)s2)s1. The third kappa shape index (κ3) is 19.8. The van der Waals surface area contributed by atoms with E-state index in [0.717, 1.165) is 44.0 Å². The Kier molecular flexibility index (Phi) is 28.6. The molecule has 0 radical (unpaired) electrons. The van der Waals surface area contributed by atoms with E-state index in [1.807, 2.05) is 45.3 Å². The molecule has 1 aromatic carbocycles. The molecule has 70 heavy (non-hydrogen) atoms. The fourth-order valence-electron chi connectivity index (χ4n) is 9.81. The molecular formula is C64H98O2S4. The van der Waals surface area contributed by atoms with Crippen molar-refractivity contribution < 1.29 is 9.47 Å². The third-order valence-corrected chi connectivity index (χ3v) is 19.7. The minimum Gasteiger partial charge on any atom is -0.493 e. The molecule has 0 N–H and O–H groups in total. The molecule has 5 aromatic rings. The Balaban J connectivity index is 1.53. The van der Waals surface area contributed by atoms with Gasteiger partial charge in [-0.3, -0.25) is 0 Å². The second-order valence-electron chi connectivity index (χ2n) is 21.2. The van der Waals surface area contributed by atoms with Crippen LogP contribution >= 0.6 is 45.3 Å². The average Bonchev–Trinajstić information content (AvgIpc) is 4.20. The smallest absolute Gasteiger partial charge is 0.128 e.